The third-order valence-electron chi connectivity index (χ3n) is 15.0. The molecule has 15 heteroatoms. The third-order valence-corrected chi connectivity index (χ3v) is 16.4. The highest BCUT2D eigenvalue weighted by atomic mass is 32.2. The summed E-state index contributed by atoms with van der Waals surface area (Å²) in [5, 5.41) is 16.2. The molecular weight excluding hydrogens is 841 g/mol. The molecule has 1 atom stereocenters. The Morgan fingerprint density at radius 2 is 1.75 bits per heavy atom. The van der Waals surface area contributed by atoms with E-state index < -0.39 is 31.4 Å². The number of sulfonamides is 1. The van der Waals surface area contributed by atoms with Gasteiger partial charge in [0.25, 0.3) is 15.9 Å². The van der Waals surface area contributed by atoms with Gasteiger partial charge in [-0.25, -0.2) is 23.1 Å². The van der Waals surface area contributed by atoms with Gasteiger partial charge >= 0.3 is 5.69 Å². The fourth-order valence-corrected chi connectivity index (χ4v) is 12.2. The summed E-state index contributed by atoms with van der Waals surface area (Å²) in [5.41, 5.74) is 4.61. The first-order valence-electron chi connectivity index (χ1n) is 23.4. The number of aromatic nitrogens is 3. The number of H-pyrrole nitrogens is 1. The number of rotatable bonds is 13. The maximum Gasteiger partial charge on any atom is 0.312 e. The van der Waals surface area contributed by atoms with Crippen LogP contribution in [0.1, 0.15) is 131 Å². The molecule has 2 aliphatic carbocycles. The van der Waals surface area contributed by atoms with Gasteiger partial charge in [-0.15, -0.1) is 0 Å². The molecule has 5 aromatic rings. The number of carbonyl (C=O) groups excluding carboxylic acids is 1. The lowest BCUT2D eigenvalue weighted by Gasteiger charge is -2.56. The molecule has 9 rings (SSSR count). The van der Waals surface area contributed by atoms with Gasteiger partial charge in [-0.1, -0.05) is 52.0 Å². The van der Waals surface area contributed by atoms with Gasteiger partial charge in [-0.2, -0.15) is 0 Å². The highest BCUT2D eigenvalue weighted by Gasteiger charge is 2.50. The summed E-state index contributed by atoms with van der Waals surface area (Å²) in [6, 6.07) is 19.9. The van der Waals surface area contributed by atoms with Gasteiger partial charge in [0.2, 0.25) is 5.82 Å². The zero-order valence-electron chi connectivity index (χ0n) is 38.2. The Balaban J connectivity index is 0.908. The number of amides is 1. The highest BCUT2D eigenvalue weighted by Crippen LogP contribution is 2.54. The van der Waals surface area contributed by atoms with E-state index in [4.69, 9.17) is 4.74 Å². The SMILES string of the molecule is Cc1nc(NCC2CCC(C)(C)CC2)c([N+](=O)[O-])cc1S(=O)(=O)NC(=O)c1ccc(N2CCC3(CC2)CC(N2CCC[C@@H]2c2ccccc2C(C)C)C3)cc1Oc1cnc2[nH]ccc2c1. The Labute approximate surface area is 382 Å². The number of benzene rings is 2. The monoisotopic (exact) mass is 902 g/mol. The predicted molar refractivity (Wildman–Crippen MR) is 253 cm³/mol. The molecule has 5 heterocycles. The second kappa shape index (κ2) is 17.7. The van der Waals surface area contributed by atoms with Gasteiger partial charge in [0.1, 0.15) is 22.0 Å². The first kappa shape index (κ1) is 44.7. The van der Waals surface area contributed by atoms with Crippen molar-refractivity contribution in [2.75, 3.05) is 36.4 Å². The number of piperidine rings is 1. The summed E-state index contributed by atoms with van der Waals surface area (Å²) in [6.07, 6.45) is 14.4. The second-order valence-electron chi connectivity index (χ2n) is 20.2. The first-order chi connectivity index (χ1) is 31.1. The maximum atomic E-state index is 14.1. The van der Waals surface area contributed by atoms with Crippen molar-refractivity contribution >= 4 is 44.2 Å². The normalized spacial score (nSPS) is 20.3. The average Bonchev–Trinajstić information content (AvgIpc) is 3.95. The Bertz CT molecular complexity index is 2690. The van der Waals surface area contributed by atoms with Gasteiger partial charge in [-0.05, 0) is 136 Å². The molecule has 0 radical (unpaired) electrons. The third kappa shape index (κ3) is 9.31. The number of nitrogens with one attached hydrogen (secondary N) is 3. The summed E-state index contributed by atoms with van der Waals surface area (Å²) in [4.78, 5) is 42.2. The number of ether oxygens (including phenoxy) is 1. The molecular formula is C50H62N8O6S. The van der Waals surface area contributed by atoms with Crippen molar-refractivity contribution in [3.05, 3.63) is 106 Å². The van der Waals surface area contributed by atoms with Gasteiger partial charge in [-0.3, -0.25) is 19.8 Å². The number of likely N-dealkylation sites (tertiary alicyclic amines) is 1. The minimum Gasteiger partial charge on any atom is -0.455 e. The van der Waals surface area contributed by atoms with E-state index in [1.807, 2.05) is 12.1 Å². The van der Waals surface area contributed by atoms with E-state index in [1.54, 1.807) is 30.6 Å². The smallest absolute Gasteiger partial charge is 0.312 e. The summed E-state index contributed by atoms with van der Waals surface area (Å²) >= 11 is 0. The van der Waals surface area contributed by atoms with Crippen LogP contribution in [0.15, 0.2) is 78.0 Å². The van der Waals surface area contributed by atoms with Gasteiger partial charge < -0.3 is 19.9 Å². The van der Waals surface area contributed by atoms with E-state index in [0.29, 0.717) is 47.3 Å². The molecule has 344 valence electrons. The largest absolute Gasteiger partial charge is 0.455 e. The molecule has 2 saturated carbocycles. The lowest BCUT2D eigenvalue weighted by molar-refractivity contribution is -0.384. The molecule has 2 saturated heterocycles. The number of hydrogen-bond acceptors (Lipinski definition) is 11. The van der Waals surface area contributed by atoms with E-state index in [-0.39, 0.29) is 28.2 Å². The number of aromatic amines is 1. The minimum absolute atomic E-state index is 0.00568. The molecule has 2 aliphatic heterocycles. The number of hydrogen-bond donors (Lipinski definition) is 3. The second-order valence-corrected chi connectivity index (χ2v) is 21.9. The van der Waals surface area contributed by atoms with Crippen molar-refractivity contribution < 1.29 is 22.9 Å². The number of fused-ring (bicyclic) bond motifs is 1. The molecule has 3 aromatic heterocycles. The maximum absolute atomic E-state index is 14.1. The van der Waals surface area contributed by atoms with E-state index >= 15 is 0 Å². The average molecular weight is 903 g/mol. The molecule has 2 aromatic carbocycles. The van der Waals surface area contributed by atoms with Crippen LogP contribution < -0.4 is 19.7 Å². The van der Waals surface area contributed by atoms with Crippen molar-refractivity contribution in [3.63, 3.8) is 0 Å². The summed E-state index contributed by atoms with van der Waals surface area (Å²) in [7, 11) is -4.63. The molecule has 3 N–H and O–H groups in total. The zero-order chi connectivity index (χ0) is 45.7. The lowest BCUT2D eigenvalue weighted by atomic mass is 9.59. The van der Waals surface area contributed by atoms with Crippen LogP contribution >= 0.6 is 0 Å². The number of pyridine rings is 2. The van der Waals surface area contributed by atoms with Crippen molar-refractivity contribution in [3.8, 4) is 11.5 Å². The molecule has 14 nitrogen and oxygen atoms in total. The van der Waals surface area contributed by atoms with Gasteiger partial charge in [0.15, 0.2) is 0 Å². The molecule has 4 aliphatic rings. The number of nitro groups is 1. The molecule has 1 amide bonds. The quantitative estimate of drug-likeness (QED) is 0.0757. The van der Waals surface area contributed by atoms with Crippen LogP contribution in [0.25, 0.3) is 11.0 Å². The van der Waals surface area contributed by atoms with Crippen molar-refractivity contribution in [1.29, 1.82) is 0 Å². The van der Waals surface area contributed by atoms with Crippen LogP contribution in [0.2, 0.25) is 0 Å². The fourth-order valence-electron chi connectivity index (χ4n) is 11.1. The Morgan fingerprint density at radius 3 is 2.49 bits per heavy atom. The van der Waals surface area contributed by atoms with Crippen LogP contribution in [0, 0.1) is 33.8 Å². The molecule has 65 heavy (non-hydrogen) atoms. The van der Waals surface area contributed by atoms with Gasteiger partial charge in [0.05, 0.1) is 22.4 Å². The number of anilines is 2. The Kier molecular flexibility index (Phi) is 12.2. The van der Waals surface area contributed by atoms with Crippen molar-refractivity contribution in [2.45, 2.75) is 122 Å². The zero-order valence-corrected chi connectivity index (χ0v) is 39.0. The van der Waals surface area contributed by atoms with Crippen LogP contribution in [0.3, 0.4) is 0 Å². The Morgan fingerprint density at radius 1 is 1.00 bits per heavy atom. The minimum atomic E-state index is -4.63. The van der Waals surface area contributed by atoms with Crippen LogP contribution in [0.4, 0.5) is 17.2 Å². The predicted octanol–water partition coefficient (Wildman–Crippen LogP) is 10.4. The highest BCUT2D eigenvalue weighted by molar-refractivity contribution is 7.90. The van der Waals surface area contributed by atoms with Crippen molar-refractivity contribution in [2.24, 2.45) is 16.7 Å². The van der Waals surface area contributed by atoms with Crippen LogP contribution in [-0.4, -0.2) is 71.3 Å². The van der Waals surface area contributed by atoms with Crippen LogP contribution in [-0.2, 0) is 10.0 Å². The van der Waals surface area contributed by atoms with E-state index in [2.05, 4.69) is 86.8 Å². The number of aryl methyl sites for hydroxylation is 1. The topological polar surface area (TPSA) is 176 Å². The molecule has 0 bridgehead atoms. The Hall–Kier alpha value is -5.54. The van der Waals surface area contributed by atoms with E-state index in [0.717, 1.165) is 75.3 Å². The summed E-state index contributed by atoms with van der Waals surface area (Å²) < 4.78 is 36.4. The number of carbonyl (C=O) groups is 1. The van der Waals surface area contributed by atoms with Crippen molar-refractivity contribution in [1.82, 2.24) is 24.6 Å². The lowest BCUT2D eigenvalue weighted by Crippen LogP contribution is -2.54. The van der Waals surface area contributed by atoms with E-state index in [1.165, 1.54) is 43.7 Å². The molecule has 4 fully saturated rings. The summed E-state index contributed by atoms with van der Waals surface area (Å²) in [6.45, 7) is 13.9. The molecule has 0 unspecified atom stereocenters. The number of nitrogens with zero attached hydrogens (tertiary/aromatic N) is 5. The molecule has 1 spiro atoms. The van der Waals surface area contributed by atoms with Gasteiger partial charge in [0, 0.05) is 61.1 Å². The van der Waals surface area contributed by atoms with Crippen LogP contribution in [0.5, 0.6) is 11.5 Å². The summed E-state index contributed by atoms with van der Waals surface area (Å²) in [5.74, 6) is 0.410. The van der Waals surface area contributed by atoms with E-state index in [9.17, 15) is 23.3 Å². The fraction of sp³-hybridized carbons (Fsp3) is 0.500. The first-order valence-corrected chi connectivity index (χ1v) is 24.9. The standard InChI is InChI=1S/C50H62N8O6S/c1-32(2)39-9-6-7-10-40(39)42-11-8-22-57(42)37-28-50(29-37)19-23-56(24-20-50)36-12-13-41(44(26-36)64-38-25-35-16-21-51-46(35)53-31-38)48(59)55-65(62,63)45-27-43(58(60)61)47(54-33(45)3)52-30-34-14-17-49(4,5)18-15-34/h6-7,9-10,12-13,16,21,25-27,31-32,34,37,42H,8,11,14-15,17-20,22-24,28-30H2,1-5H3,(H,51,53)(H,52,54)(H,55,59)/t42-/m1/s1.